The molecule has 1 heterocycles. The van der Waals surface area contributed by atoms with Gasteiger partial charge in [0.25, 0.3) is 0 Å². The molecule has 0 bridgehead atoms. The summed E-state index contributed by atoms with van der Waals surface area (Å²) in [4.78, 5) is 0. The van der Waals surface area contributed by atoms with Crippen molar-refractivity contribution in [1.82, 2.24) is 5.32 Å². The van der Waals surface area contributed by atoms with E-state index in [1.165, 1.54) is 25.1 Å². The minimum atomic E-state index is 0.784. The lowest BCUT2D eigenvalue weighted by atomic mass is 9.99. The summed E-state index contributed by atoms with van der Waals surface area (Å²) in [6.45, 7) is 10.6. The zero-order chi connectivity index (χ0) is 10.1. The van der Waals surface area contributed by atoms with E-state index >= 15 is 0 Å². The Morgan fingerprint density at radius 3 is 2.54 bits per heavy atom. The lowest BCUT2D eigenvalue weighted by molar-refractivity contribution is 0.682. The smallest absolute Gasteiger partial charge is 0.00173 e. The highest BCUT2D eigenvalue weighted by Gasteiger charge is 2.14. The summed E-state index contributed by atoms with van der Waals surface area (Å²) in [5.74, 6) is 0.784. The van der Waals surface area contributed by atoms with Crippen LogP contribution in [-0.4, -0.2) is 13.1 Å². The number of hydrogen-bond donors (Lipinski definition) is 1. The number of nitrogens with one attached hydrogen (secondary N) is 1. The maximum absolute atomic E-state index is 3.36. The molecule has 1 rings (SSSR count). The highest BCUT2D eigenvalue weighted by Crippen LogP contribution is 2.17. The van der Waals surface area contributed by atoms with E-state index in [0.29, 0.717) is 0 Å². The van der Waals surface area contributed by atoms with Crippen molar-refractivity contribution in [3.05, 3.63) is 23.8 Å². The van der Waals surface area contributed by atoms with Gasteiger partial charge in [0.05, 0.1) is 0 Å². The third-order valence-electron chi connectivity index (χ3n) is 2.26. The molecule has 0 amide bonds. The third-order valence-corrected chi connectivity index (χ3v) is 2.26. The average Bonchev–Trinajstić information content (AvgIpc) is 2.70. The quantitative estimate of drug-likeness (QED) is 0.645. The summed E-state index contributed by atoms with van der Waals surface area (Å²) < 4.78 is 0. The van der Waals surface area contributed by atoms with Gasteiger partial charge in [-0.1, -0.05) is 37.6 Å². The summed E-state index contributed by atoms with van der Waals surface area (Å²) in [5, 5.41) is 3.36. The molecule has 1 unspecified atom stereocenters. The van der Waals surface area contributed by atoms with Gasteiger partial charge in [0.1, 0.15) is 0 Å². The standard InChI is InChI=1S/C10H17N.C2H6/c1-3-4-5-9(2)10-6-7-11-8-10;1-2/h3-5,10-11H,6-8H2,1-2H3;1-2H3/b4-3-,9-5+;. The van der Waals surface area contributed by atoms with Crippen molar-refractivity contribution in [3.63, 3.8) is 0 Å². The zero-order valence-electron chi connectivity index (χ0n) is 9.43. The van der Waals surface area contributed by atoms with Gasteiger partial charge in [-0.05, 0) is 32.7 Å². The van der Waals surface area contributed by atoms with Crippen LogP contribution in [0.4, 0.5) is 0 Å². The fraction of sp³-hybridized carbons (Fsp3) is 0.667. The summed E-state index contributed by atoms with van der Waals surface area (Å²) >= 11 is 0. The second kappa shape index (κ2) is 8.06. The van der Waals surface area contributed by atoms with Crippen LogP contribution in [0.3, 0.4) is 0 Å². The molecule has 1 nitrogen and oxygen atoms in total. The minimum absolute atomic E-state index is 0.784. The normalized spacial score (nSPS) is 23.1. The Bertz CT molecular complexity index is 162. The van der Waals surface area contributed by atoms with Crippen LogP contribution in [-0.2, 0) is 0 Å². The fourth-order valence-electron chi connectivity index (χ4n) is 1.43. The van der Waals surface area contributed by atoms with Crippen molar-refractivity contribution in [3.8, 4) is 0 Å². The van der Waals surface area contributed by atoms with Crippen LogP contribution in [0.25, 0.3) is 0 Å². The highest BCUT2D eigenvalue weighted by atomic mass is 14.9. The average molecular weight is 181 g/mol. The van der Waals surface area contributed by atoms with Gasteiger partial charge in [-0.25, -0.2) is 0 Å². The third kappa shape index (κ3) is 4.89. The van der Waals surface area contributed by atoms with E-state index in [1.807, 2.05) is 13.8 Å². The van der Waals surface area contributed by atoms with Gasteiger partial charge < -0.3 is 5.32 Å². The van der Waals surface area contributed by atoms with Crippen molar-refractivity contribution in [1.29, 1.82) is 0 Å². The van der Waals surface area contributed by atoms with Crippen molar-refractivity contribution >= 4 is 0 Å². The lowest BCUT2D eigenvalue weighted by Crippen LogP contribution is -2.09. The van der Waals surface area contributed by atoms with E-state index in [1.54, 1.807) is 0 Å². The van der Waals surface area contributed by atoms with E-state index in [9.17, 15) is 0 Å². The summed E-state index contributed by atoms with van der Waals surface area (Å²) in [6.07, 6.45) is 7.72. The molecule has 1 aliphatic rings. The molecule has 1 atom stereocenters. The van der Waals surface area contributed by atoms with Gasteiger partial charge in [-0.15, -0.1) is 0 Å². The molecule has 0 aliphatic carbocycles. The van der Waals surface area contributed by atoms with Gasteiger partial charge in [-0.3, -0.25) is 0 Å². The Morgan fingerprint density at radius 1 is 1.38 bits per heavy atom. The van der Waals surface area contributed by atoms with Gasteiger partial charge in [0, 0.05) is 6.54 Å². The second-order valence-electron chi connectivity index (χ2n) is 3.13. The first-order valence-corrected chi connectivity index (χ1v) is 5.34. The highest BCUT2D eigenvalue weighted by molar-refractivity contribution is 5.14. The Balaban J connectivity index is 0.000000671. The Kier molecular flexibility index (Phi) is 7.71. The van der Waals surface area contributed by atoms with E-state index in [2.05, 4.69) is 37.4 Å². The van der Waals surface area contributed by atoms with Crippen LogP contribution in [0.2, 0.25) is 0 Å². The number of rotatable bonds is 2. The molecule has 0 spiro atoms. The molecule has 0 aromatic heterocycles. The molecular formula is C12H23N. The number of allylic oxidation sites excluding steroid dienone is 3. The monoisotopic (exact) mass is 181 g/mol. The minimum Gasteiger partial charge on any atom is -0.316 e. The predicted octanol–water partition coefficient (Wildman–Crippen LogP) is 3.14. The first-order chi connectivity index (χ1) is 6.34. The summed E-state index contributed by atoms with van der Waals surface area (Å²) in [7, 11) is 0. The van der Waals surface area contributed by atoms with Crippen molar-refractivity contribution in [2.45, 2.75) is 34.1 Å². The molecule has 1 N–H and O–H groups in total. The first kappa shape index (κ1) is 12.4. The largest absolute Gasteiger partial charge is 0.316 e. The van der Waals surface area contributed by atoms with Crippen LogP contribution >= 0.6 is 0 Å². The molecule has 0 aromatic rings. The van der Waals surface area contributed by atoms with Gasteiger partial charge in [-0.2, -0.15) is 0 Å². The molecule has 1 fully saturated rings. The first-order valence-electron chi connectivity index (χ1n) is 5.34. The predicted molar refractivity (Wildman–Crippen MR) is 60.9 cm³/mol. The van der Waals surface area contributed by atoms with Gasteiger partial charge in [0.15, 0.2) is 0 Å². The molecule has 0 saturated carbocycles. The van der Waals surface area contributed by atoms with Crippen LogP contribution in [0.1, 0.15) is 34.1 Å². The van der Waals surface area contributed by atoms with Crippen LogP contribution in [0.15, 0.2) is 23.8 Å². The van der Waals surface area contributed by atoms with E-state index in [-0.39, 0.29) is 0 Å². The molecule has 1 saturated heterocycles. The SMILES string of the molecule is C/C=C\C=C(/C)C1CCNC1.CC. The van der Waals surface area contributed by atoms with E-state index in [0.717, 1.165) is 5.92 Å². The molecule has 1 aliphatic heterocycles. The molecule has 0 aromatic carbocycles. The Labute approximate surface area is 82.9 Å². The zero-order valence-corrected chi connectivity index (χ0v) is 9.43. The molecule has 0 radical (unpaired) electrons. The van der Waals surface area contributed by atoms with Crippen LogP contribution in [0, 0.1) is 5.92 Å². The molecule has 76 valence electrons. The maximum atomic E-state index is 3.36. The Morgan fingerprint density at radius 2 is 2.08 bits per heavy atom. The maximum Gasteiger partial charge on any atom is 0.00173 e. The lowest BCUT2D eigenvalue weighted by Gasteiger charge is -2.06. The van der Waals surface area contributed by atoms with Crippen molar-refractivity contribution < 1.29 is 0 Å². The second-order valence-corrected chi connectivity index (χ2v) is 3.13. The van der Waals surface area contributed by atoms with Crippen molar-refractivity contribution in [2.24, 2.45) is 5.92 Å². The molecule has 13 heavy (non-hydrogen) atoms. The van der Waals surface area contributed by atoms with Gasteiger partial charge >= 0.3 is 0 Å². The Hall–Kier alpha value is -0.560. The number of hydrogen-bond acceptors (Lipinski definition) is 1. The fourth-order valence-corrected chi connectivity index (χ4v) is 1.43. The van der Waals surface area contributed by atoms with Gasteiger partial charge in [0.2, 0.25) is 0 Å². The van der Waals surface area contributed by atoms with E-state index < -0.39 is 0 Å². The summed E-state index contributed by atoms with van der Waals surface area (Å²) in [5.41, 5.74) is 1.51. The molecule has 1 heteroatoms. The summed E-state index contributed by atoms with van der Waals surface area (Å²) in [6, 6.07) is 0. The van der Waals surface area contributed by atoms with Crippen LogP contribution < -0.4 is 5.32 Å². The topological polar surface area (TPSA) is 12.0 Å². The molecular weight excluding hydrogens is 158 g/mol. The van der Waals surface area contributed by atoms with E-state index in [4.69, 9.17) is 0 Å². The van der Waals surface area contributed by atoms with Crippen molar-refractivity contribution in [2.75, 3.05) is 13.1 Å². The van der Waals surface area contributed by atoms with Crippen LogP contribution in [0.5, 0.6) is 0 Å².